The highest BCUT2D eigenvalue weighted by atomic mass is 16.1. The minimum Gasteiger partial charge on any atom is -0.295 e. The molecular weight excluding hydrogens is 308 g/mol. The molecule has 0 N–H and O–H groups in total. The summed E-state index contributed by atoms with van der Waals surface area (Å²) in [4.78, 5) is 23.1. The first kappa shape index (κ1) is 16.8. The van der Waals surface area contributed by atoms with Crippen molar-refractivity contribution in [3.63, 3.8) is 0 Å². The molecule has 0 unspecified atom stereocenters. The molecule has 3 rings (SSSR count). The van der Waals surface area contributed by atoms with Crippen molar-refractivity contribution in [1.29, 1.82) is 0 Å². The Bertz CT molecular complexity index is 818. The van der Waals surface area contributed by atoms with Crippen LogP contribution in [0.5, 0.6) is 0 Å². The zero-order valence-electron chi connectivity index (χ0n) is 14.4. The van der Waals surface area contributed by atoms with Gasteiger partial charge in [-0.1, -0.05) is 78.9 Å². The first-order valence-electron chi connectivity index (χ1n) is 8.33. The molecule has 0 atom stereocenters. The van der Waals surface area contributed by atoms with Gasteiger partial charge in [0.05, 0.1) is 0 Å². The van der Waals surface area contributed by atoms with E-state index in [0.717, 1.165) is 11.1 Å². The van der Waals surface area contributed by atoms with Crippen molar-refractivity contribution in [3.05, 3.63) is 107 Å². The van der Waals surface area contributed by atoms with Crippen molar-refractivity contribution < 1.29 is 9.59 Å². The third-order valence-electron chi connectivity index (χ3n) is 4.43. The van der Waals surface area contributed by atoms with Crippen LogP contribution in [-0.2, 0) is 0 Å². The Kier molecular flexibility index (Phi) is 4.90. The van der Waals surface area contributed by atoms with E-state index in [1.165, 1.54) is 5.56 Å². The van der Waals surface area contributed by atoms with Crippen LogP contribution in [-0.4, -0.2) is 11.6 Å². The van der Waals surface area contributed by atoms with Crippen LogP contribution in [0.25, 0.3) is 0 Å². The Balaban J connectivity index is 2.07. The topological polar surface area (TPSA) is 34.1 Å². The number of hydrogen-bond acceptors (Lipinski definition) is 2. The highest BCUT2D eigenvalue weighted by Gasteiger charge is 2.17. The SMILES string of the molecule is CC(=O)c1ccc(C(c2ccccc2)c2ccc(C(C)=O)cc2)cc1. The second-order valence-electron chi connectivity index (χ2n) is 6.20. The fourth-order valence-electron chi connectivity index (χ4n) is 3.04. The Morgan fingerprint density at radius 3 is 1.28 bits per heavy atom. The van der Waals surface area contributed by atoms with E-state index in [9.17, 15) is 9.59 Å². The molecule has 0 spiro atoms. The van der Waals surface area contributed by atoms with Gasteiger partial charge in [-0.05, 0) is 30.5 Å². The number of benzene rings is 3. The molecule has 0 bridgehead atoms. The molecule has 3 aromatic carbocycles. The summed E-state index contributed by atoms with van der Waals surface area (Å²) < 4.78 is 0. The molecule has 124 valence electrons. The molecule has 0 aliphatic heterocycles. The first-order valence-corrected chi connectivity index (χ1v) is 8.33. The van der Waals surface area contributed by atoms with Crippen LogP contribution >= 0.6 is 0 Å². The second-order valence-corrected chi connectivity index (χ2v) is 6.20. The maximum absolute atomic E-state index is 11.5. The van der Waals surface area contributed by atoms with E-state index in [2.05, 4.69) is 12.1 Å². The van der Waals surface area contributed by atoms with Crippen molar-refractivity contribution in [3.8, 4) is 0 Å². The molecule has 0 heterocycles. The Morgan fingerprint density at radius 1 is 0.560 bits per heavy atom. The van der Waals surface area contributed by atoms with E-state index in [4.69, 9.17) is 0 Å². The molecule has 0 amide bonds. The van der Waals surface area contributed by atoms with Crippen molar-refractivity contribution in [2.45, 2.75) is 19.8 Å². The monoisotopic (exact) mass is 328 g/mol. The predicted molar refractivity (Wildman–Crippen MR) is 100 cm³/mol. The van der Waals surface area contributed by atoms with E-state index in [1.54, 1.807) is 13.8 Å². The number of hydrogen-bond donors (Lipinski definition) is 0. The van der Waals surface area contributed by atoms with Crippen molar-refractivity contribution in [2.24, 2.45) is 0 Å². The maximum atomic E-state index is 11.5. The summed E-state index contributed by atoms with van der Waals surface area (Å²) in [5.74, 6) is 0.186. The maximum Gasteiger partial charge on any atom is 0.159 e. The quantitative estimate of drug-likeness (QED) is 0.472. The molecule has 25 heavy (non-hydrogen) atoms. The van der Waals surface area contributed by atoms with Crippen molar-refractivity contribution in [2.75, 3.05) is 0 Å². The van der Waals surface area contributed by atoms with Crippen LogP contribution in [0.4, 0.5) is 0 Å². The summed E-state index contributed by atoms with van der Waals surface area (Å²) in [7, 11) is 0. The van der Waals surface area contributed by atoms with Crippen LogP contribution in [0.3, 0.4) is 0 Å². The Morgan fingerprint density at radius 2 is 0.920 bits per heavy atom. The van der Waals surface area contributed by atoms with Crippen LogP contribution in [0, 0.1) is 0 Å². The summed E-state index contributed by atoms with van der Waals surface area (Å²) >= 11 is 0. The second kappa shape index (κ2) is 7.27. The van der Waals surface area contributed by atoms with Gasteiger partial charge >= 0.3 is 0 Å². The molecule has 0 saturated carbocycles. The summed E-state index contributed by atoms with van der Waals surface area (Å²) in [5, 5.41) is 0. The van der Waals surface area contributed by atoms with E-state index in [1.807, 2.05) is 66.7 Å². The first-order chi connectivity index (χ1) is 12.1. The minimum absolute atomic E-state index is 0.0585. The van der Waals surface area contributed by atoms with Gasteiger partial charge in [-0.15, -0.1) is 0 Å². The third kappa shape index (κ3) is 3.74. The summed E-state index contributed by atoms with van der Waals surface area (Å²) in [6.45, 7) is 3.15. The van der Waals surface area contributed by atoms with Crippen LogP contribution in [0.2, 0.25) is 0 Å². The molecule has 3 aromatic rings. The van der Waals surface area contributed by atoms with Crippen LogP contribution in [0.15, 0.2) is 78.9 Å². The average molecular weight is 328 g/mol. The number of rotatable bonds is 5. The lowest BCUT2D eigenvalue weighted by Crippen LogP contribution is -2.05. The standard InChI is InChI=1S/C23H20O2/c1-16(24)18-8-12-21(13-9-18)23(20-6-4-3-5-7-20)22-14-10-19(11-15-22)17(2)25/h3-15,23H,1-2H3. The number of carbonyl (C=O) groups excluding carboxylic acids is 2. The van der Waals surface area contributed by atoms with E-state index < -0.39 is 0 Å². The Labute approximate surface area is 148 Å². The lowest BCUT2D eigenvalue weighted by atomic mass is 9.84. The minimum atomic E-state index is 0.0585. The molecule has 0 aliphatic carbocycles. The van der Waals surface area contributed by atoms with Crippen molar-refractivity contribution in [1.82, 2.24) is 0 Å². The highest BCUT2D eigenvalue weighted by Crippen LogP contribution is 2.32. The number of ketones is 2. The van der Waals surface area contributed by atoms with Gasteiger partial charge in [0.25, 0.3) is 0 Å². The van der Waals surface area contributed by atoms with Crippen LogP contribution in [0.1, 0.15) is 57.2 Å². The smallest absolute Gasteiger partial charge is 0.159 e. The molecule has 2 heteroatoms. The largest absolute Gasteiger partial charge is 0.295 e. The molecule has 0 aromatic heterocycles. The molecule has 0 aliphatic rings. The Hall–Kier alpha value is -3.00. The van der Waals surface area contributed by atoms with Gasteiger partial charge in [-0.25, -0.2) is 0 Å². The number of Topliss-reactive ketones (excluding diaryl/α,β-unsaturated/α-hetero) is 2. The van der Waals surface area contributed by atoms with E-state index in [0.29, 0.717) is 11.1 Å². The molecule has 0 fully saturated rings. The predicted octanol–water partition coefficient (Wildman–Crippen LogP) is 5.27. The summed E-state index contributed by atoms with van der Waals surface area (Å²) in [5.41, 5.74) is 4.83. The lowest BCUT2D eigenvalue weighted by molar-refractivity contribution is 0.100. The fourth-order valence-corrected chi connectivity index (χ4v) is 3.04. The van der Waals surface area contributed by atoms with E-state index in [-0.39, 0.29) is 17.5 Å². The molecule has 2 nitrogen and oxygen atoms in total. The average Bonchev–Trinajstić information content (AvgIpc) is 2.64. The molecular formula is C23H20O2. The number of carbonyl (C=O) groups is 2. The summed E-state index contributed by atoms with van der Waals surface area (Å²) in [6.07, 6.45) is 0. The lowest BCUT2D eigenvalue weighted by Gasteiger charge is -2.19. The molecule has 0 radical (unpaired) electrons. The van der Waals surface area contributed by atoms with Gasteiger partial charge < -0.3 is 0 Å². The van der Waals surface area contributed by atoms with Gasteiger partial charge in [0.2, 0.25) is 0 Å². The van der Waals surface area contributed by atoms with Gasteiger partial charge in [-0.3, -0.25) is 9.59 Å². The zero-order valence-corrected chi connectivity index (χ0v) is 14.4. The normalized spacial score (nSPS) is 10.7. The van der Waals surface area contributed by atoms with Gasteiger partial charge in [0.1, 0.15) is 0 Å². The zero-order chi connectivity index (χ0) is 17.8. The van der Waals surface area contributed by atoms with Gasteiger partial charge in [-0.2, -0.15) is 0 Å². The van der Waals surface area contributed by atoms with E-state index >= 15 is 0 Å². The fraction of sp³-hybridized carbons (Fsp3) is 0.130. The molecule has 0 saturated heterocycles. The summed E-state index contributed by atoms with van der Waals surface area (Å²) in [6, 6.07) is 25.8. The highest BCUT2D eigenvalue weighted by molar-refractivity contribution is 5.94. The van der Waals surface area contributed by atoms with Crippen LogP contribution < -0.4 is 0 Å². The van der Waals surface area contributed by atoms with Gasteiger partial charge in [0, 0.05) is 17.0 Å². The third-order valence-corrected chi connectivity index (χ3v) is 4.43. The van der Waals surface area contributed by atoms with Crippen molar-refractivity contribution >= 4 is 11.6 Å². The van der Waals surface area contributed by atoms with Gasteiger partial charge in [0.15, 0.2) is 11.6 Å².